The molecule has 0 aliphatic rings. The molecule has 0 amide bonds. The van der Waals surface area contributed by atoms with E-state index >= 15 is 0 Å². The average Bonchev–Trinajstić information content (AvgIpc) is 2.56. The molecule has 8 heteroatoms. The van der Waals surface area contributed by atoms with Crippen LogP contribution >= 0.6 is 0 Å². The van der Waals surface area contributed by atoms with Crippen molar-refractivity contribution in [3.8, 4) is 11.5 Å². The van der Waals surface area contributed by atoms with Crippen LogP contribution in [0, 0.1) is 0 Å². The molecule has 0 unspecified atom stereocenters. The highest BCUT2D eigenvalue weighted by Gasteiger charge is 2.07. The van der Waals surface area contributed by atoms with Gasteiger partial charge in [-0.1, -0.05) is 30.3 Å². The SMILES string of the molecule is O=[SH](=O)Nc1ccc(O)c(N=Nc2c(O)ccc3ccccc23)c1. The van der Waals surface area contributed by atoms with E-state index in [1.165, 1.54) is 24.3 Å². The predicted molar refractivity (Wildman–Crippen MR) is 91.8 cm³/mol. The van der Waals surface area contributed by atoms with Gasteiger partial charge in [0.15, 0.2) is 0 Å². The minimum absolute atomic E-state index is 0.0474. The molecule has 3 aromatic carbocycles. The Labute approximate surface area is 139 Å². The summed E-state index contributed by atoms with van der Waals surface area (Å²) >= 11 is 0. The summed E-state index contributed by atoms with van der Waals surface area (Å²) in [5.41, 5.74) is 0.588. The van der Waals surface area contributed by atoms with Gasteiger partial charge in [0.2, 0.25) is 10.9 Å². The van der Waals surface area contributed by atoms with E-state index in [0.717, 1.165) is 5.39 Å². The molecule has 3 rings (SSSR count). The van der Waals surface area contributed by atoms with E-state index in [1.807, 2.05) is 18.2 Å². The number of rotatable bonds is 4. The van der Waals surface area contributed by atoms with Gasteiger partial charge in [0.1, 0.15) is 22.9 Å². The van der Waals surface area contributed by atoms with Gasteiger partial charge >= 0.3 is 0 Å². The molecule has 0 radical (unpaired) electrons. The first-order valence-electron chi connectivity index (χ1n) is 6.91. The lowest BCUT2D eigenvalue weighted by atomic mass is 10.1. The number of phenolic OH excluding ortho intramolecular Hbond substituents is 2. The predicted octanol–water partition coefficient (Wildman–Crippen LogP) is 3.60. The highest BCUT2D eigenvalue weighted by Crippen LogP contribution is 2.37. The molecule has 7 nitrogen and oxygen atoms in total. The third-order valence-corrected chi connectivity index (χ3v) is 3.77. The second kappa shape index (κ2) is 6.55. The average molecular weight is 343 g/mol. The summed E-state index contributed by atoms with van der Waals surface area (Å²) in [6.45, 7) is 0. The minimum atomic E-state index is -2.82. The number of fused-ring (bicyclic) bond motifs is 1. The van der Waals surface area contributed by atoms with E-state index in [9.17, 15) is 18.6 Å². The Hall–Kier alpha value is -3.13. The lowest BCUT2D eigenvalue weighted by molar-refractivity contribution is 0.474. The maximum atomic E-state index is 10.7. The molecule has 24 heavy (non-hydrogen) atoms. The number of phenols is 2. The van der Waals surface area contributed by atoms with Crippen molar-refractivity contribution < 1.29 is 18.6 Å². The maximum absolute atomic E-state index is 10.7. The molecule has 0 aliphatic heterocycles. The summed E-state index contributed by atoms with van der Waals surface area (Å²) in [5.74, 6) is -0.209. The third kappa shape index (κ3) is 3.28. The lowest BCUT2D eigenvalue weighted by Crippen LogP contribution is -1.93. The first-order chi connectivity index (χ1) is 11.5. The van der Waals surface area contributed by atoms with E-state index in [-0.39, 0.29) is 28.6 Å². The van der Waals surface area contributed by atoms with Crippen molar-refractivity contribution >= 4 is 38.7 Å². The van der Waals surface area contributed by atoms with Crippen LogP contribution in [0.4, 0.5) is 17.1 Å². The van der Waals surface area contributed by atoms with Gasteiger partial charge in [0.05, 0.1) is 5.69 Å². The second-order valence-electron chi connectivity index (χ2n) is 4.93. The Morgan fingerprint density at radius 1 is 0.875 bits per heavy atom. The molecule has 122 valence electrons. The van der Waals surface area contributed by atoms with Crippen molar-refractivity contribution in [2.24, 2.45) is 10.2 Å². The van der Waals surface area contributed by atoms with Crippen molar-refractivity contribution in [1.29, 1.82) is 0 Å². The zero-order valence-corrected chi connectivity index (χ0v) is 13.1. The molecule has 0 heterocycles. The summed E-state index contributed by atoms with van der Waals surface area (Å²) in [6.07, 6.45) is 0. The first-order valence-corrected chi connectivity index (χ1v) is 8.09. The minimum Gasteiger partial charge on any atom is -0.506 e. The Morgan fingerprint density at radius 3 is 2.42 bits per heavy atom. The van der Waals surface area contributed by atoms with Crippen LogP contribution in [0.25, 0.3) is 10.8 Å². The number of nitrogens with one attached hydrogen (secondary N) is 1. The van der Waals surface area contributed by atoms with E-state index in [0.29, 0.717) is 5.39 Å². The normalized spacial score (nSPS) is 11.4. The lowest BCUT2D eigenvalue weighted by Gasteiger charge is -2.05. The van der Waals surface area contributed by atoms with Gasteiger partial charge in [-0.2, -0.15) is 0 Å². The zero-order chi connectivity index (χ0) is 17.1. The number of anilines is 1. The summed E-state index contributed by atoms with van der Waals surface area (Å²) < 4.78 is 23.6. The van der Waals surface area contributed by atoms with Crippen LogP contribution in [-0.2, 0) is 10.9 Å². The van der Waals surface area contributed by atoms with Crippen LogP contribution in [0.2, 0.25) is 0 Å². The quantitative estimate of drug-likeness (QED) is 0.329. The highest BCUT2D eigenvalue weighted by molar-refractivity contribution is 7.73. The number of hydrogen-bond acceptors (Lipinski definition) is 6. The van der Waals surface area contributed by atoms with Gasteiger partial charge in [0.25, 0.3) is 0 Å². The molecule has 0 aliphatic carbocycles. The summed E-state index contributed by atoms with van der Waals surface area (Å²) in [6, 6.07) is 14.7. The monoisotopic (exact) mass is 343 g/mol. The Balaban J connectivity index is 2.04. The van der Waals surface area contributed by atoms with Crippen molar-refractivity contribution in [3.05, 3.63) is 54.6 Å². The van der Waals surface area contributed by atoms with Crippen LogP contribution in [0.3, 0.4) is 0 Å². The third-order valence-electron chi connectivity index (χ3n) is 3.33. The number of azo groups is 1. The van der Waals surface area contributed by atoms with Crippen LogP contribution in [0.1, 0.15) is 0 Å². The number of nitrogens with zero attached hydrogens (tertiary/aromatic N) is 2. The van der Waals surface area contributed by atoms with Gasteiger partial charge in [-0.05, 0) is 29.7 Å². The molecule has 3 N–H and O–H groups in total. The molecular formula is C16H13N3O4S. The number of aromatic hydroxyl groups is 2. The van der Waals surface area contributed by atoms with E-state index in [2.05, 4.69) is 15.0 Å². The topological polar surface area (TPSA) is 111 Å². The van der Waals surface area contributed by atoms with Crippen molar-refractivity contribution in [1.82, 2.24) is 0 Å². The van der Waals surface area contributed by atoms with Gasteiger partial charge in [-0.25, -0.2) is 8.42 Å². The second-order valence-corrected chi connectivity index (χ2v) is 5.66. The molecule has 0 saturated carbocycles. The number of benzene rings is 3. The Bertz CT molecular complexity index is 1010. The molecule has 0 spiro atoms. The van der Waals surface area contributed by atoms with Crippen molar-refractivity contribution in [2.45, 2.75) is 0 Å². The van der Waals surface area contributed by atoms with E-state index < -0.39 is 10.9 Å². The molecular weight excluding hydrogens is 330 g/mol. The summed E-state index contributed by atoms with van der Waals surface area (Å²) in [4.78, 5) is 0. The fraction of sp³-hybridized carbons (Fsp3) is 0. The smallest absolute Gasteiger partial charge is 0.222 e. The molecule has 0 atom stereocenters. The molecule has 3 aromatic rings. The molecule has 0 bridgehead atoms. The van der Waals surface area contributed by atoms with Crippen LogP contribution < -0.4 is 4.72 Å². The van der Waals surface area contributed by atoms with Gasteiger partial charge in [-0.3, -0.25) is 4.72 Å². The fourth-order valence-corrected chi connectivity index (χ4v) is 2.58. The van der Waals surface area contributed by atoms with Crippen LogP contribution in [0.5, 0.6) is 11.5 Å². The number of thiol groups is 1. The first kappa shape index (κ1) is 15.8. The zero-order valence-electron chi connectivity index (χ0n) is 12.2. The largest absolute Gasteiger partial charge is 0.506 e. The van der Waals surface area contributed by atoms with Gasteiger partial charge in [-0.15, -0.1) is 10.2 Å². The van der Waals surface area contributed by atoms with Crippen molar-refractivity contribution in [3.63, 3.8) is 0 Å². The fourth-order valence-electron chi connectivity index (χ4n) is 2.23. The standard InChI is InChI=1S/C16H13N3O4S/c20-14-8-6-11(19-24(22)23)9-13(14)17-18-16-12-4-2-1-3-10(12)5-7-15(16)21/h1-9,20-21,24H,(H,19,22,23). The van der Waals surface area contributed by atoms with Crippen molar-refractivity contribution in [2.75, 3.05) is 4.72 Å². The van der Waals surface area contributed by atoms with Gasteiger partial charge < -0.3 is 10.2 Å². The molecule has 0 aromatic heterocycles. The Kier molecular flexibility index (Phi) is 4.30. The highest BCUT2D eigenvalue weighted by atomic mass is 32.2. The molecule has 0 saturated heterocycles. The van der Waals surface area contributed by atoms with E-state index in [1.54, 1.807) is 12.1 Å². The van der Waals surface area contributed by atoms with Gasteiger partial charge in [0, 0.05) is 5.39 Å². The maximum Gasteiger partial charge on any atom is 0.222 e. The Morgan fingerprint density at radius 2 is 1.62 bits per heavy atom. The van der Waals surface area contributed by atoms with Crippen LogP contribution in [-0.4, -0.2) is 18.6 Å². The number of hydrogen-bond donors (Lipinski definition) is 4. The summed E-state index contributed by atoms with van der Waals surface area (Å²) in [7, 11) is -2.82. The summed E-state index contributed by atoms with van der Waals surface area (Å²) in [5, 5.41) is 29.4. The molecule has 0 fully saturated rings. The van der Waals surface area contributed by atoms with E-state index in [4.69, 9.17) is 0 Å². The van der Waals surface area contributed by atoms with Crippen LogP contribution in [0.15, 0.2) is 64.8 Å².